The van der Waals surface area contributed by atoms with Crippen molar-refractivity contribution in [2.24, 2.45) is 0 Å². The number of carbonyl (C=O) groups excluding carboxylic acids is 2. The van der Waals surface area contributed by atoms with Crippen molar-refractivity contribution in [3.8, 4) is 0 Å². The number of rotatable bonds is 0. The summed E-state index contributed by atoms with van der Waals surface area (Å²) in [7, 11) is 1.46. The summed E-state index contributed by atoms with van der Waals surface area (Å²) >= 11 is 4.67. The summed E-state index contributed by atoms with van der Waals surface area (Å²) in [6.07, 6.45) is 0.199. The van der Waals surface area contributed by atoms with E-state index in [4.69, 9.17) is 0 Å². The summed E-state index contributed by atoms with van der Waals surface area (Å²) in [6.45, 7) is 0. The van der Waals surface area contributed by atoms with Crippen LogP contribution in [0.3, 0.4) is 0 Å². The van der Waals surface area contributed by atoms with E-state index in [1.54, 1.807) is 0 Å². The minimum Gasteiger partial charge on any atom is -0.779 e. The number of amides is 2. The third-order valence-electron chi connectivity index (χ3n) is 1.34. The SMILES string of the molecule is CN1C(=O)CC([S-])C1=O.[Np]. The minimum absolute atomic E-state index is 0. The van der Waals surface area contributed by atoms with Gasteiger partial charge in [0.25, 0.3) is 0 Å². The fourth-order valence-electron chi connectivity index (χ4n) is 0.722. The first-order valence-electron chi connectivity index (χ1n) is 2.59. The van der Waals surface area contributed by atoms with Gasteiger partial charge in [-0.15, -0.1) is 0 Å². The van der Waals surface area contributed by atoms with Crippen molar-refractivity contribution >= 4 is 24.4 Å². The molecule has 0 aliphatic carbocycles. The van der Waals surface area contributed by atoms with E-state index < -0.39 is 5.25 Å². The molecule has 1 aliphatic heterocycles. The maximum absolute atomic E-state index is 10.7. The van der Waals surface area contributed by atoms with Crippen molar-refractivity contribution in [2.45, 2.75) is 11.7 Å². The zero-order valence-electron chi connectivity index (χ0n) is 5.40. The Morgan fingerprint density at radius 3 is 2.20 bits per heavy atom. The van der Waals surface area contributed by atoms with Gasteiger partial charge in [-0.3, -0.25) is 14.5 Å². The average molecular weight is 381 g/mol. The summed E-state index contributed by atoms with van der Waals surface area (Å²) in [5, 5.41) is -0.512. The summed E-state index contributed by atoms with van der Waals surface area (Å²) in [5.74, 6) is -0.407. The maximum Gasteiger partial charge on any atom is 0.227 e. The van der Waals surface area contributed by atoms with Gasteiger partial charge in [0.1, 0.15) is 0 Å². The third kappa shape index (κ3) is 1.76. The van der Waals surface area contributed by atoms with Crippen LogP contribution in [0.15, 0.2) is 0 Å². The summed E-state index contributed by atoms with van der Waals surface area (Å²) in [4.78, 5) is 22.4. The number of likely N-dealkylation sites (tertiary alicyclic amines) is 1. The molecule has 3 nitrogen and oxygen atoms in total. The van der Waals surface area contributed by atoms with Crippen LogP contribution in [0.25, 0.3) is 0 Å². The van der Waals surface area contributed by atoms with Crippen LogP contribution in [-0.4, -0.2) is 29.0 Å². The van der Waals surface area contributed by atoms with Gasteiger partial charge in [0.15, 0.2) is 0 Å². The van der Waals surface area contributed by atoms with Crippen molar-refractivity contribution in [1.82, 2.24) is 4.90 Å². The van der Waals surface area contributed by atoms with E-state index in [1.807, 2.05) is 0 Å². The molecule has 0 spiro atoms. The molecule has 1 atom stereocenters. The molecular weight excluding hydrogens is 375 g/mol. The second kappa shape index (κ2) is 3.77. The number of hydrogen-bond donors (Lipinski definition) is 0. The molecule has 1 aliphatic rings. The van der Waals surface area contributed by atoms with E-state index in [0.29, 0.717) is 0 Å². The molecule has 1 rings (SSSR count). The quantitative estimate of drug-likeness (QED) is 0.411. The fraction of sp³-hybridized carbons (Fsp3) is 0.600. The molecule has 0 bridgehead atoms. The van der Waals surface area contributed by atoms with Crippen LogP contribution >= 0.6 is 0 Å². The smallest absolute Gasteiger partial charge is 0.227 e. The Hall–Kier alpha value is 0.503. The Morgan fingerprint density at radius 2 is 2.10 bits per heavy atom. The zero-order chi connectivity index (χ0) is 7.02. The Balaban J connectivity index is 0.000000810. The molecule has 0 aromatic carbocycles. The Labute approximate surface area is 87.2 Å². The second-order valence-electron chi connectivity index (χ2n) is 1.98. The standard InChI is InChI=1S/C5H7NO2S.Np/c1-6-4(7)2-3(9)5(6)8;/h3,9H,2H2,1H3;/p-1. The fourth-order valence-corrected chi connectivity index (χ4v) is 1.02. The van der Waals surface area contributed by atoms with Gasteiger partial charge in [-0.2, -0.15) is 0 Å². The molecule has 1 fully saturated rings. The van der Waals surface area contributed by atoms with Crippen molar-refractivity contribution in [1.29, 1.82) is 0 Å². The Morgan fingerprint density at radius 1 is 1.60 bits per heavy atom. The van der Waals surface area contributed by atoms with Gasteiger partial charge in [0.2, 0.25) is 11.8 Å². The van der Waals surface area contributed by atoms with Gasteiger partial charge < -0.3 is 12.6 Å². The number of hydrogen-bond acceptors (Lipinski definition) is 3. The van der Waals surface area contributed by atoms with Crippen molar-refractivity contribution in [2.75, 3.05) is 7.05 Å². The van der Waals surface area contributed by atoms with E-state index >= 15 is 0 Å². The van der Waals surface area contributed by atoms with Crippen LogP contribution in [0.5, 0.6) is 0 Å². The molecule has 1 saturated heterocycles. The summed E-state index contributed by atoms with van der Waals surface area (Å²) in [6, 6.07) is 0. The first kappa shape index (κ1) is 10.5. The van der Waals surface area contributed by atoms with Gasteiger partial charge in [0, 0.05) is 43.4 Å². The second-order valence-corrected chi connectivity index (χ2v) is 2.55. The first-order valence-corrected chi connectivity index (χ1v) is 3.06. The van der Waals surface area contributed by atoms with Crippen LogP contribution in [0.4, 0.5) is 0 Å². The minimum atomic E-state index is -0.512. The molecule has 1 heterocycles. The van der Waals surface area contributed by atoms with Gasteiger partial charge in [-0.25, -0.2) is 0 Å². The van der Waals surface area contributed by atoms with Crippen molar-refractivity contribution < 1.29 is 39.5 Å². The van der Waals surface area contributed by atoms with Crippen LogP contribution in [0, 0.1) is 29.9 Å². The summed E-state index contributed by atoms with van der Waals surface area (Å²) < 4.78 is 0. The molecule has 1 unspecified atom stereocenters. The van der Waals surface area contributed by atoms with E-state index in [2.05, 4.69) is 12.6 Å². The van der Waals surface area contributed by atoms with Crippen molar-refractivity contribution in [3.63, 3.8) is 0 Å². The van der Waals surface area contributed by atoms with E-state index in [-0.39, 0.29) is 48.2 Å². The van der Waals surface area contributed by atoms with Crippen LogP contribution in [0.2, 0.25) is 0 Å². The topological polar surface area (TPSA) is 37.4 Å². The van der Waals surface area contributed by atoms with E-state index in [9.17, 15) is 9.59 Å². The average Bonchev–Trinajstić information content (AvgIpc) is 1.98. The van der Waals surface area contributed by atoms with E-state index in [1.165, 1.54) is 7.05 Å². The number of nitrogens with zero attached hydrogens (tertiary/aromatic N) is 1. The van der Waals surface area contributed by atoms with Crippen LogP contribution in [-0.2, 0) is 22.2 Å². The van der Waals surface area contributed by atoms with Crippen LogP contribution < -0.4 is 0 Å². The monoisotopic (exact) mass is 380 g/mol. The predicted octanol–water partition coefficient (Wildman–Crippen LogP) is -0.709. The molecule has 10 heavy (non-hydrogen) atoms. The number of imide groups is 1. The Bertz CT molecular complexity index is 173. The molecule has 55 valence electrons. The molecule has 0 saturated carbocycles. The normalized spacial score (nSPS) is 25.0. The molecule has 1 radical (unpaired) electrons. The molecule has 0 N–H and O–H groups in total. The molecule has 2 amide bonds. The van der Waals surface area contributed by atoms with Gasteiger partial charge >= 0.3 is 0 Å². The third-order valence-corrected chi connectivity index (χ3v) is 1.71. The largest absolute Gasteiger partial charge is 0.779 e. The van der Waals surface area contributed by atoms with Gasteiger partial charge in [0.05, 0.1) is 0 Å². The van der Waals surface area contributed by atoms with E-state index in [0.717, 1.165) is 4.90 Å². The Kier molecular flexibility index (Phi) is 3.96. The maximum atomic E-state index is 10.7. The zero-order valence-corrected chi connectivity index (χ0v) is 9.94. The van der Waals surface area contributed by atoms with Gasteiger partial charge in [-0.1, -0.05) is 5.25 Å². The summed E-state index contributed by atoms with van der Waals surface area (Å²) in [5.41, 5.74) is 0. The molecule has 0 aromatic heterocycles. The van der Waals surface area contributed by atoms with Crippen LogP contribution in [0.1, 0.15) is 6.42 Å². The molecular formula is C5H6NNpO2S-. The predicted molar refractivity (Wildman–Crippen MR) is 33.5 cm³/mol. The molecule has 5 heteroatoms. The van der Waals surface area contributed by atoms with Crippen molar-refractivity contribution in [3.05, 3.63) is 0 Å². The molecule has 0 aromatic rings. The number of carbonyl (C=O) groups is 2. The van der Waals surface area contributed by atoms with Gasteiger partial charge in [-0.05, 0) is 0 Å². The first-order chi connectivity index (χ1) is 4.13.